The van der Waals surface area contributed by atoms with Crippen LogP contribution in [-0.2, 0) is 9.53 Å². The number of rotatable bonds is 6. The number of benzene rings is 1. The summed E-state index contributed by atoms with van der Waals surface area (Å²) in [5, 5.41) is 4.16. The van der Waals surface area contributed by atoms with Crippen LogP contribution in [0.3, 0.4) is 0 Å². The summed E-state index contributed by atoms with van der Waals surface area (Å²) in [6.45, 7) is 3.09. The first-order valence-corrected chi connectivity index (χ1v) is 8.37. The molecule has 2 unspecified atom stereocenters. The van der Waals surface area contributed by atoms with Crippen LogP contribution in [0.1, 0.15) is 28.9 Å². The first kappa shape index (κ1) is 19.6. The highest BCUT2D eigenvalue weighted by molar-refractivity contribution is 6.21. The number of nitrogens with one attached hydrogen (secondary N) is 2. The van der Waals surface area contributed by atoms with Gasteiger partial charge in [-0.1, -0.05) is 6.92 Å². The predicted molar refractivity (Wildman–Crippen MR) is 91.5 cm³/mol. The zero-order valence-electron chi connectivity index (χ0n) is 14.1. The van der Waals surface area contributed by atoms with Gasteiger partial charge in [0.05, 0.1) is 18.5 Å². The van der Waals surface area contributed by atoms with Gasteiger partial charge in [0.1, 0.15) is 11.9 Å². The highest BCUT2D eigenvalue weighted by atomic mass is 35.5. The molecule has 1 aromatic carbocycles. The fourth-order valence-corrected chi connectivity index (χ4v) is 3.11. The standard InChI is InChI=1S/C16H22ClFN4O3/c1-3-22-14(12(17)7-21-22)9-4-10(6-11(18)5-9)15(23)20-8-13(19)16(24)25-2/h4-6,12-14,21H,3,7-8,19H2,1-2H3,(H,20,23)/t12?,13-,14?/m1/s1. The van der Waals surface area contributed by atoms with Gasteiger partial charge in [0.25, 0.3) is 5.91 Å². The van der Waals surface area contributed by atoms with E-state index in [2.05, 4.69) is 15.5 Å². The summed E-state index contributed by atoms with van der Waals surface area (Å²) < 4.78 is 18.5. The number of alkyl halides is 1. The van der Waals surface area contributed by atoms with Crippen molar-refractivity contribution in [1.82, 2.24) is 15.8 Å². The summed E-state index contributed by atoms with van der Waals surface area (Å²) in [4.78, 5) is 23.5. The van der Waals surface area contributed by atoms with Crippen molar-refractivity contribution in [3.63, 3.8) is 0 Å². The van der Waals surface area contributed by atoms with Crippen LogP contribution in [0.15, 0.2) is 18.2 Å². The van der Waals surface area contributed by atoms with E-state index in [4.69, 9.17) is 17.3 Å². The molecule has 1 fully saturated rings. The second-order valence-electron chi connectivity index (χ2n) is 5.72. The maximum Gasteiger partial charge on any atom is 0.324 e. The summed E-state index contributed by atoms with van der Waals surface area (Å²) in [5.74, 6) is -1.70. The van der Waals surface area contributed by atoms with E-state index in [0.717, 1.165) is 6.07 Å². The Kier molecular flexibility index (Phi) is 6.71. The lowest BCUT2D eigenvalue weighted by Gasteiger charge is -2.24. The van der Waals surface area contributed by atoms with Crippen molar-refractivity contribution < 1.29 is 18.7 Å². The lowest BCUT2D eigenvalue weighted by Crippen LogP contribution is -2.43. The summed E-state index contributed by atoms with van der Waals surface area (Å²) >= 11 is 6.33. The summed E-state index contributed by atoms with van der Waals surface area (Å²) in [6.07, 6.45) is 0. The monoisotopic (exact) mass is 372 g/mol. The molecule has 1 amide bonds. The lowest BCUT2D eigenvalue weighted by atomic mass is 10.0. The fourth-order valence-electron chi connectivity index (χ4n) is 2.76. The maximum absolute atomic E-state index is 14.0. The van der Waals surface area contributed by atoms with Crippen molar-refractivity contribution in [2.45, 2.75) is 24.4 Å². The summed E-state index contributed by atoms with van der Waals surface area (Å²) in [7, 11) is 1.21. The third-order valence-electron chi connectivity index (χ3n) is 4.02. The van der Waals surface area contributed by atoms with Gasteiger partial charge in [-0.3, -0.25) is 15.0 Å². The number of hydrogen-bond acceptors (Lipinski definition) is 6. The Balaban J connectivity index is 2.15. The fraction of sp³-hybridized carbons (Fsp3) is 0.500. The van der Waals surface area contributed by atoms with E-state index in [1.54, 1.807) is 6.07 Å². The zero-order valence-corrected chi connectivity index (χ0v) is 14.8. The highest BCUT2D eigenvalue weighted by Gasteiger charge is 2.33. The molecule has 0 bridgehead atoms. The Morgan fingerprint density at radius 2 is 2.24 bits per heavy atom. The summed E-state index contributed by atoms with van der Waals surface area (Å²) in [6, 6.07) is 2.87. The second kappa shape index (κ2) is 8.57. The molecule has 138 valence electrons. The Bertz CT molecular complexity index is 646. The maximum atomic E-state index is 14.0. The number of carbonyl (C=O) groups excluding carboxylic acids is 2. The molecule has 1 saturated heterocycles. The molecule has 1 aliphatic rings. The molecule has 0 spiro atoms. The first-order valence-electron chi connectivity index (χ1n) is 7.93. The highest BCUT2D eigenvalue weighted by Crippen LogP contribution is 2.31. The van der Waals surface area contributed by atoms with Crippen LogP contribution in [0.25, 0.3) is 0 Å². The number of halogens is 2. The first-order chi connectivity index (χ1) is 11.9. The topological polar surface area (TPSA) is 96.7 Å². The SMILES string of the molecule is CCN1NCC(Cl)C1c1cc(F)cc(C(=O)NC[C@@H](N)C(=O)OC)c1. The van der Waals surface area contributed by atoms with E-state index in [1.165, 1.54) is 13.2 Å². The van der Waals surface area contributed by atoms with Crippen LogP contribution in [0, 0.1) is 5.82 Å². The molecule has 3 atom stereocenters. The predicted octanol–water partition coefficient (Wildman–Crippen LogP) is 0.544. The largest absolute Gasteiger partial charge is 0.468 e. The molecule has 2 rings (SSSR count). The minimum Gasteiger partial charge on any atom is -0.468 e. The quantitative estimate of drug-likeness (QED) is 0.498. The normalized spacial score (nSPS) is 21.8. The van der Waals surface area contributed by atoms with Gasteiger partial charge in [-0.05, 0) is 23.8 Å². The van der Waals surface area contributed by atoms with Gasteiger partial charge in [0.15, 0.2) is 0 Å². The van der Waals surface area contributed by atoms with E-state index in [0.29, 0.717) is 18.7 Å². The van der Waals surface area contributed by atoms with Gasteiger partial charge in [-0.15, -0.1) is 11.6 Å². The molecule has 0 radical (unpaired) electrons. The molecule has 0 aliphatic carbocycles. The van der Waals surface area contributed by atoms with Gasteiger partial charge in [0, 0.05) is 25.2 Å². The van der Waals surface area contributed by atoms with E-state index in [9.17, 15) is 14.0 Å². The number of esters is 1. The van der Waals surface area contributed by atoms with Crippen molar-refractivity contribution in [1.29, 1.82) is 0 Å². The van der Waals surface area contributed by atoms with Gasteiger partial charge in [0.2, 0.25) is 0 Å². The molecule has 0 aromatic heterocycles. The molecule has 4 N–H and O–H groups in total. The second-order valence-corrected chi connectivity index (χ2v) is 6.28. The molecule has 1 aromatic rings. The van der Waals surface area contributed by atoms with Crippen LogP contribution < -0.4 is 16.5 Å². The van der Waals surface area contributed by atoms with Crippen molar-refractivity contribution in [2.24, 2.45) is 5.73 Å². The number of hydrazine groups is 1. The smallest absolute Gasteiger partial charge is 0.324 e. The molecule has 1 heterocycles. The number of methoxy groups -OCH3 is 1. The van der Waals surface area contributed by atoms with Crippen LogP contribution in [0.2, 0.25) is 0 Å². The number of carbonyl (C=O) groups is 2. The van der Waals surface area contributed by atoms with Crippen molar-refractivity contribution in [3.05, 3.63) is 35.1 Å². The minimum atomic E-state index is -0.983. The number of amides is 1. The Morgan fingerprint density at radius 1 is 1.52 bits per heavy atom. The van der Waals surface area contributed by atoms with Crippen LogP contribution >= 0.6 is 11.6 Å². The Labute approximate surface area is 150 Å². The van der Waals surface area contributed by atoms with Crippen molar-refractivity contribution in [2.75, 3.05) is 26.7 Å². The van der Waals surface area contributed by atoms with Crippen LogP contribution in [0.4, 0.5) is 4.39 Å². The average molecular weight is 373 g/mol. The third kappa shape index (κ3) is 4.66. The molecule has 7 nitrogen and oxygen atoms in total. The van der Waals surface area contributed by atoms with Gasteiger partial charge in [-0.2, -0.15) is 0 Å². The lowest BCUT2D eigenvalue weighted by molar-refractivity contribution is -0.141. The van der Waals surface area contributed by atoms with E-state index in [1.807, 2.05) is 11.9 Å². The van der Waals surface area contributed by atoms with Gasteiger partial charge < -0.3 is 15.8 Å². The average Bonchev–Trinajstić information content (AvgIpc) is 2.98. The van der Waals surface area contributed by atoms with E-state index >= 15 is 0 Å². The number of nitrogens with zero attached hydrogens (tertiary/aromatic N) is 1. The summed E-state index contributed by atoms with van der Waals surface area (Å²) in [5.41, 5.74) is 9.46. The molecular formula is C16H22ClFN4O3. The van der Waals surface area contributed by atoms with E-state index in [-0.39, 0.29) is 23.5 Å². The third-order valence-corrected chi connectivity index (χ3v) is 4.41. The molecular weight excluding hydrogens is 351 g/mol. The zero-order chi connectivity index (χ0) is 18.6. The minimum absolute atomic E-state index is 0.110. The van der Waals surface area contributed by atoms with Gasteiger partial charge >= 0.3 is 5.97 Å². The van der Waals surface area contributed by atoms with Crippen molar-refractivity contribution >= 4 is 23.5 Å². The molecule has 0 saturated carbocycles. The van der Waals surface area contributed by atoms with E-state index < -0.39 is 23.7 Å². The number of nitrogens with two attached hydrogens (primary N) is 1. The van der Waals surface area contributed by atoms with Gasteiger partial charge in [-0.25, -0.2) is 9.40 Å². The van der Waals surface area contributed by atoms with Crippen LogP contribution in [0.5, 0.6) is 0 Å². The number of hydrogen-bond donors (Lipinski definition) is 3. The number of ether oxygens (including phenoxy) is 1. The Morgan fingerprint density at radius 3 is 2.88 bits per heavy atom. The van der Waals surface area contributed by atoms with Crippen LogP contribution in [-0.4, -0.2) is 55.0 Å². The molecule has 25 heavy (non-hydrogen) atoms. The molecule has 1 aliphatic heterocycles. The Hall–Kier alpha value is -1.74. The van der Waals surface area contributed by atoms with Crippen molar-refractivity contribution in [3.8, 4) is 0 Å². The molecule has 9 heteroatoms.